The van der Waals surface area contributed by atoms with Crippen LogP contribution < -0.4 is 10.1 Å². The van der Waals surface area contributed by atoms with Crippen LogP contribution >= 0.6 is 0 Å². The summed E-state index contributed by atoms with van der Waals surface area (Å²) in [5.41, 5.74) is 1.93. The van der Waals surface area contributed by atoms with Crippen LogP contribution in [-0.2, 0) is 11.0 Å². The zero-order chi connectivity index (χ0) is 28.9. The number of hydrogen-bond donors (Lipinski definition) is 2. The fourth-order valence-corrected chi connectivity index (χ4v) is 7.46. The van der Waals surface area contributed by atoms with Gasteiger partial charge in [0, 0.05) is 49.0 Å². The Morgan fingerprint density at radius 3 is 2.69 bits per heavy atom. The minimum absolute atomic E-state index is 0.161. The maximum absolute atomic E-state index is 13.8. The van der Waals surface area contributed by atoms with Gasteiger partial charge in [-0.25, -0.2) is 4.98 Å². The normalized spacial score (nSPS) is 24.7. The molecular formula is C32H34F3N5O2. The number of hydrogen-bond acceptors (Lipinski definition) is 6. The first-order valence-corrected chi connectivity index (χ1v) is 14.7. The largest absolute Gasteiger partial charge is 0.457 e. The van der Waals surface area contributed by atoms with Crippen LogP contribution in [0.3, 0.4) is 0 Å². The quantitative estimate of drug-likeness (QED) is 0.354. The van der Waals surface area contributed by atoms with Crippen molar-refractivity contribution in [1.82, 2.24) is 25.1 Å². The van der Waals surface area contributed by atoms with Gasteiger partial charge in [-0.3, -0.25) is 4.90 Å². The number of halogens is 3. The number of pyridine rings is 1. The van der Waals surface area contributed by atoms with Gasteiger partial charge in [-0.15, -0.1) is 0 Å². The number of likely N-dealkylation sites (tertiary alicyclic amines) is 2. The Hall–Kier alpha value is -3.79. The lowest BCUT2D eigenvalue weighted by molar-refractivity contribution is -0.139. The number of allylic oxidation sites excluding steroid dienone is 1. The van der Waals surface area contributed by atoms with Gasteiger partial charge < -0.3 is 24.7 Å². The predicted molar refractivity (Wildman–Crippen MR) is 152 cm³/mol. The number of alkyl halides is 3. The van der Waals surface area contributed by atoms with Crippen molar-refractivity contribution in [2.45, 2.75) is 62.8 Å². The number of benzene rings is 1. The second kappa shape index (κ2) is 10.5. The zero-order valence-corrected chi connectivity index (χ0v) is 23.2. The molecule has 0 radical (unpaired) electrons. The lowest BCUT2D eigenvalue weighted by Gasteiger charge is -2.56. The molecule has 1 aliphatic carbocycles. The fourth-order valence-electron chi connectivity index (χ4n) is 7.46. The van der Waals surface area contributed by atoms with Crippen molar-refractivity contribution in [3.8, 4) is 5.75 Å². The number of aromatic amines is 1. The van der Waals surface area contributed by atoms with Crippen molar-refractivity contribution < 1.29 is 22.7 Å². The summed E-state index contributed by atoms with van der Waals surface area (Å²) < 4.78 is 47.4. The number of carbonyl (C=O) groups is 1. The van der Waals surface area contributed by atoms with Gasteiger partial charge in [0.05, 0.1) is 17.5 Å². The minimum atomic E-state index is -4.33. The number of carbonyl (C=O) groups excluding carboxylic acids is 1. The van der Waals surface area contributed by atoms with Gasteiger partial charge in [0.2, 0.25) is 0 Å². The molecule has 1 spiro atoms. The Morgan fingerprint density at radius 2 is 1.90 bits per heavy atom. The van der Waals surface area contributed by atoms with Crippen molar-refractivity contribution >= 4 is 17.3 Å². The van der Waals surface area contributed by atoms with E-state index in [1.165, 1.54) is 12.1 Å². The van der Waals surface area contributed by atoms with Crippen molar-refractivity contribution in [1.29, 1.82) is 0 Å². The summed E-state index contributed by atoms with van der Waals surface area (Å²) in [4.78, 5) is 23.9. The molecule has 4 aliphatic rings. The summed E-state index contributed by atoms with van der Waals surface area (Å²) in [6.07, 6.45) is 9.64. The lowest BCUT2D eigenvalue weighted by atomic mass is 9.59. The summed E-state index contributed by atoms with van der Waals surface area (Å²) >= 11 is 0. The van der Waals surface area contributed by atoms with E-state index in [0.29, 0.717) is 23.1 Å². The van der Waals surface area contributed by atoms with Crippen LogP contribution in [0, 0.1) is 5.41 Å². The minimum Gasteiger partial charge on any atom is -0.457 e. The summed E-state index contributed by atoms with van der Waals surface area (Å²) in [6.45, 7) is 2.63. The van der Waals surface area contributed by atoms with E-state index in [4.69, 9.17) is 4.74 Å². The number of aromatic nitrogens is 2. The topological polar surface area (TPSA) is 73.5 Å². The molecule has 2 atom stereocenters. The molecule has 5 heterocycles. The highest BCUT2D eigenvalue weighted by atomic mass is 19.4. The van der Waals surface area contributed by atoms with E-state index < -0.39 is 17.8 Å². The number of piperidine rings is 1. The van der Waals surface area contributed by atoms with E-state index in [2.05, 4.69) is 25.1 Å². The maximum Gasteiger partial charge on any atom is 0.416 e. The van der Waals surface area contributed by atoms with Gasteiger partial charge in [0.1, 0.15) is 29.5 Å². The van der Waals surface area contributed by atoms with Crippen LogP contribution in [0.25, 0.3) is 11.0 Å². The molecule has 3 fully saturated rings. The van der Waals surface area contributed by atoms with Crippen molar-refractivity contribution in [2.24, 2.45) is 5.41 Å². The highest BCUT2D eigenvalue weighted by molar-refractivity contribution is 5.76. The summed E-state index contributed by atoms with van der Waals surface area (Å²) in [5, 5.41) is 4.10. The number of nitrogens with zero attached hydrogens (tertiary/aromatic N) is 3. The molecule has 2 aromatic heterocycles. The molecule has 1 saturated carbocycles. The summed E-state index contributed by atoms with van der Waals surface area (Å²) in [6, 6.07) is 9.51. The second-order valence-corrected chi connectivity index (χ2v) is 12.1. The fraction of sp³-hybridized carbons (Fsp3) is 0.438. The SMILES string of the molecule is O=CC1NC=C(N2CCC3(CC2)CC(N2CCC[C@H]2c2ccccc2C(F)(F)F)C3)C=C1Oc1cnc2[nH]ccc2c1. The number of dihydropyridines is 1. The number of ether oxygens (including phenoxy) is 1. The molecule has 220 valence electrons. The first-order chi connectivity index (χ1) is 20.3. The zero-order valence-electron chi connectivity index (χ0n) is 23.2. The van der Waals surface area contributed by atoms with Crippen LogP contribution in [0.1, 0.15) is 55.7 Å². The molecule has 10 heteroatoms. The highest BCUT2D eigenvalue weighted by Gasteiger charge is 2.50. The Bertz CT molecular complexity index is 1530. The van der Waals surface area contributed by atoms with E-state index in [1.807, 2.05) is 30.6 Å². The third-order valence-corrected chi connectivity index (χ3v) is 9.67. The monoisotopic (exact) mass is 577 g/mol. The standard InChI is InChI=1S/C32H34F3N5O2/c33-32(34,35)26-5-2-1-4-25(26)28-6-3-11-40(28)23-16-31(17-23)8-12-39(13-9-31)22-15-29(27(20-41)37-18-22)42-24-14-21-7-10-36-30(21)38-19-24/h1-2,4-5,7,10,14-15,18-20,23,27-28,37H,3,6,8-9,11-13,16-17H2,(H,36,38)/t27?,28-/m0/s1. The van der Waals surface area contributed by atoms with Gasteiger partial charge in [-0.1, -0.05) is 18.2 Å². The molecule has 7 nitrogen and oxygen atoms in total. The van der Waals surface area contributed by atoms with E-state index >= 15 is 0 Å². The smallest absolute Gasteiger partial charge is 0.416 e. The molecule has 3 aliphatic heterocycles. The van der Waals surface area contributed by atoms with Crippen LogP contribution in [-0.4, -0.2) is 57.8 Å². The second-order valence-electron chi connectivity index (χ2n) is 12.1. The molecule has 2 N–H and O–H groups in total. The van der Waals surface area contributed by atoms with Crippen LogP contribution in [0.2, 0.25) is 0 Å². The Morgan fingerprint density at radius 1 is 1.10 bits per heavy atom. The van der Waals surface area contributed by atoms with Crippen LogP contribution in [0.5, 0.6) is 5.75 Å². The molecule has 0 bridgehead atoms. The summed E-state index contributed by atoms with van der Waals surface area (Å²) in [7, 11) is 0. The lowest BCUT2D eigenvalue weighted by Crippen LogP contribution is -2.54. The number of rotatable bonds is 6. The number of H-pyrrole nitrogens is 1. The van der Waals surface area contributed by atoms with Crippen LogP contribution in [0.15, 0.2) is 72.5 Å². The van der Waals surface area contributed by atoms with Crippen molar-refractivity contribution in [3.05, 3.63) is 83.7 Å². The predicted octanol–water partition coefficient (Wildman–Crippen LogP) is 5.94. The Kier molecular flexibility index (Phi) is 6.76. The summed E-state index contributed by atoms with van der Waals surface area (Å²) in [5.74, 6) is 1.10. The van der Waals surface area contributed by atoms with Gasteiger partial charge in [0.15, 0.2) is 0 Å². The Balaban J connectivity index is 0.989. The maximum atomic E-state index is 13.8. The highest BCUT2D eigenvalue weighted by Crippen LogP contribution is 2.54. The van der Waals surface area contributed by atoms with E-state index in [-0.39, 0.29) is 11.5 Å². The van der Waals surface area contributed by atoms with Crippen molar-refractivity contribution in [2.75, 3.05) is 19.6 Å². The molecular weight excluding hydrogens is 543 g/mol. The molecule has 7 rings (SSSR count). The van der Waals surface area contributed by atoms with Gasteiger partial charge in [0.25, 0.3) is 0 Å². The molecule has 3 aromatic rings. The first-order valence-electron chi connectivity index (χ1n) is 14.7. The van der Waals surface area contributed by atoms with E-state index in [9.17, 15) is 18.0 Å². The van der Waals surface area contributed by atoms with Gasteiger partial charge in [-0.2, -0.15) is 13.2 Å². The molecule has 42 heavy (non-hydrogen) atoms. The van der Waals surface area contributed by atoms with E-state index in [0.717, 1.165) is 81.2 Å². The average Bonchev–Trinajstić information content (AvgIpc) is 3.65. The average molecular weight is 578 g/mol. The molecule has 1 aromatic carbocycles. The van der Waals surface area contributed by atoms with Crippen molar-refractivity contribution in [3.63, 3.8) is 0 Å². The van der Waals surface area contributed by atoms with Gasteiger partial charge in [-0.05, 0) is 74.2 Å². The Labute approximate surface area is 242 Å². The third-order valence-electron chi connectivity index (χ3n) is 9.67. The van der Waals surface area contributed by atoms with Gasteiger partial charge >= 0.3 is 6.18 Å². The number of fused-ring (bicyclic) bond motifs is 1. The third kappa shape index (κ3) is 4.95. The van der Waals surface area contributed by atoms with E-state index in [1.54, 1.807) is 18.3 Å². The number of nitrogens with one attached hydrogen (secondary N) is 2. The number of aldehydes is 1. The first kappa shape index (κ1) is 27.1. The molecule has 2 saturated heterocycles. The molecule has 1 unspecified atom stereocenters. The van der Waals surface area contributed by atoms with Crippen LogP contribution in [0.4, 0.5) is 13.2 Å². The molecule has 0 amide bonds.